The zero-order valence-corrected chi connectivity index (χ0v) is 10.2. The average molecular weight is 230 g/mol. The largest absolute Gasteiger partial charge is 0.480 e. The lowest BCUT2D eigenvalue weighted by atomic mass is 9.98. The number of carbonyl (C=O) groups is 2. The van der Waals surface area contributed by atoms with Crippen molar-refractivity contribution in [2.75, 3.05) is 0 Å². The smallest absolute Gasteiger partial charge is 0.326 e. The van der Waals surface area contributed by atoms with Crippen molar-refractivity contribution in [3.05, 3.63) is 0 Å². The summed E-state index contributed by atoms with van der Waals surface area (Å²) in [4.78, 5) is 22.5. The molecule has 0 heterocycles. The van der Waals surface area contributed by atoms with Crippen LogP contribution in [0.5, 0.6) is 0 Å². The monoisotopic (exact) mass is 230 g/mol. The van der Waals surface area contributed by atoms with Crippen LogP contribution < -0.4 is 11.1 Å². The van der Waals surface area contributed by atoms with E-state index in [4.69, 9.17) is 10.8 Å². The molecule has 0 aliphatic heterocycles. The summed E-state index contributed by atoms with van der Waals surface area (Å²) in [5.74, 6) is -1.49. The van der Waals surface area contributed by atoms with E-state index in [9.17, 15) is 9.59 Å². The topological polar surface area (TPSA) is 92.4 Å². The van der Waals surface area contributed by atoms with Crippen LogP contribution in [-0.4, -0.2) is 29.1 Å². The molecule has 0 bridgehead atoms. The second kappa shape index (κ2) is 7.22. The molecule has 0 aliphatic rings. The van der Waals surface area contributed by atoms with Crippen molar-refractivity contribution in [3.8, 4) is 0 Å². The van der Waals surface area contributed by atoms with Gasteiger partial charge >= 0.3 is 5.97 Å². The predicted molar refractivity (Wildman–Crippen MR) is 61.9 cm³/mol. The Bertz CT molecular complexity index is 243. The third-order valence-corrected chi connectivity index (χ3v) is 2.71. The lowest BCUT2D eigenvalue weighted by Gasteiger charge is -2.22. The van der Waals surface area contributed by atoms with Crippen LogP contribution in [-0.2, 0) is 9.59 Å². The van der Waals surface area contributed by atoms with Crippen LogP contribution in [0.25, 0.3) is 0 Å². The molecule has 0 saturated heterocycles. The second-order valence-electron chi connectivity index (χ2n) is 4.11. The predicted octanol–water partition coefficient (Wildman–Crippen LogP) is 0.729. The van der Waals surface area contributed by atoms with Gasteiger partial charge in [0.2, 0.25) is 5.91 Å². The van der Waals surface area contributed by atoms with Crippen molar-refractivity contribution in [1.29, 1.82) is 0 Å². The van der Waals surface area contributed by atoms with E-state index in [2.05, 4.69) is 5.32 Å². The number of carbonyl (C=O) groups excluding carboxylic acids is 1. The Balaban J connectivity index is 4.40. The Labute approximate surface area is 96.4 Å². The highest BCUT2D eigenvalue weighted by Crippen LogP contribution is 2.08. The van der Waals surface area contributed by atoms with Gasteiger partial charge in [-0.2, -0.15) is 0 Å². The Kier molecular flexibility index (Phi) is 6.72. The van der Waals surface area contributed by atoms with Crippen LogP contribution in [0.3, 0.4) is 0 Å². The fraction of sp³-hybridized carbons (Fsp3) is 0.818. The number of hydrogen-bond acceptors (Lipinski definition) is 3. The summed E-state index contributed by atoms with van der Waals surface area (Å²) in [5, 5.41) is 11.5. The summed E-state index contributed by atoms with van der Waals surface area (Å²) in [7, 11) is 0. The van der Waals surface area contributed by atoms with Crippen LogP contribution in [0, 0.1) is 5.92 Å². The second-order valence-corrected chi connectivity index (χ2v) is 4.11. The molecule has 0 aromatic carbocycles. The molecular weight excluding hydrogens is 208 g/mol. The highest BCUT2D eigenvalue weighted by Gasteiger charge is 2.26. The van der Waals surface area contributed by atoms with Gasteiger partial charge in [-0.15, -0.1) is 0 Å². The van der Waals surface area contributed by atoms with Gasteiger partial charge in [-0.05, 0) is 12.3 Å². The zero-order chi connectivity index (χ0) is 12.7. The lowest BCUT2D eigenvalue weighted by Crippen LogP contribution is -2.50. The molecule has 3 atom stereocenters. The highest BCUT2D eigenvalue weighted by atomic mass is 16.4. The van der Waals surface area contributed by atoms with E-state index in [0.29, 0.717) is 12.8 Å². The fourth-order valence-electron chi connectivity index (χ4n) is 1.39. The van der Waals surface area contributed by atoms with Crippen LogP contribution in [0.2, 0.25) is 0 Å². The molecule has 0 aromatic rings. The van der Waals surface area contributed by atoms with E-state index < -0.39 is 18.1 Å². The minimum Gasteiger partial charge on any atom is -0.480 e. The Hall–Kier alpha value is -1.10. The molecule has 0 spiro atoms. The fourth-order valence-corrected chi connectivity index (χ4v) is 1.39. The maximum atomic E-state index is 11.6. The minimum absolute atomic E-state index is 0.102. The Morgan fingerprint density at radius 2 is 1.94 bits per heavy atom. The molecule has 0 radical (unpaired) electrons. The van der Waals surface area contributed by atoms with Crippen LogP contribution in [0.4, 0.5) is 0 Å². The molecule has 5 nitrogen and oxygen atoms in total. The van der Waals surface area contributed by atoms with E-state index in [1.165, 1.54) is 0 Å². The van der Waals surface area contributed by atoms with E-state index in [-0.39, 0.29) is 11.8 Å². The molecular formula is C11H22N2O3. The number of amides is 1. The first-order valence-electron chi connectivity index (χ1n) is 5.72. The van der Waals surface area contributed by atoms with E-state index in [0.717, 1.165) is 6.42 Å². The normalized spacial score (nSPS) is 16.2. The summed E-state index contributed by atoms with van der Waals surface area (Å²) < 4.78 is 0. The Morgan fingerprint density at radius 1 is 1.38 bits per heavy atom. The van der Waals surface area contributed by atoms with E-state index >= 15 is 0 Å². The van der Waals surface area contributed by atoms with Gasteiger partial charge in [0.1, 0.15) is 6.04 Å². The molecule has 0 unspecified atom stereocenters. The molecule has 16 heavy (non-hydrogen) atoms. The standard InChI is InChI=1S/C11H22N2O3/c1-4-6-8(12)10(14)13-9(11(15)16)7(3)5-2/h7-9H,4-6,12H2,1-3H3,(H,13,14)(H,15,16)/t7-,8-,9+/m0/s1. The van der Waals surface area contributed by atoms with Crippen molar-refractivity contribution >= 4 is 11.9 Å². The van der Waals surface area contributed by atoms with Crippen molar-refractivity contribution in [1.82, 2.24) is 5.32 Å². The van der Waals surface area contributed by atoms with Crippen LogP contribution in [0.15, 0.2) is 0 Å². The van der Waals surface area contributed by atoms with Gasteiger partial charge in [0, 0.05) is 0 Å². The molecule has 1 amide bonds. The average Bonchev–Trinajstić information content (AvgIpc) is 2.24. The van der Waals surface area contributed by atoms with Crippen molar-refractivity contribution in [2.24, 2.45) is 11.7 Å². The number of hydrogen-bond donors (Lipinski definition) is 3. The first kappa shape index (κ1) is 14.9. The molecule has 0 fully saturated rings. The summed E-state index contributed by atoms with van der Waals surface area (Å²) in [6, 6.07) is -1.46. The minimum atomic E-state index is -1.01. The van der Waals surface area contributed by atoms with Gasteiger partial charge in [0.05, 0.1) is 6.04 Å². The van der Waals surface area contributed by atoms with Gasteiger partial charge in [0.15, 0.2) is 0 Å². The van der Waals surface area contributed by atoms with Crippen LogP contribution >= 0.6 is 0 Å². The van der Waals surface area contributed by atoms with Gasteiger partial charge in [-0.1, -0.05) is 33.6 Å². The van der Waals surface area contributed by atoms with Crippen molar-refractivity contribution < 1.29 is 14.7 Å². The van der Waals surface area contributed by atoms with Gasteiger partial charge in [0.25, 0.3) is 0 Å². The van der Waals surface area contributed by atoms with Crippen molar-refractivity contribution in [3.63, 3.8) is 0 Å². The highest BCUT2D eigenvalue weighted by molar-refractivity contribution is 5.86. The number of nitrogens with two attached hydrogens (primary N) is 1. The molecule has 0 rings (SSSR count). The molecule has 4 N–H and O–H groups in total. The summed E-state index contributed by atoms with van der Waals surface area (Å²) >= 11 is 0. The third-order valence-electron chi connectivity index (χ3n) is 2.71. The SMILES string of the molecule is CCC[C@H](N)C(=O)N[C@@H](C(=O)O)[C@@H](C)CC. The van der Waals surface area contributed by atoms with Crippen LogP contribution in [0.1, 0.15) is 40.0 Å². The zero-order valence-electron chi connectivity index (χ0n) is 10.2. The number of carboxylic acids is 1. The summed E-state index contributed by atoms with van der Waals surface area (Å²) in [6.45, 7) is 5.61. The summed E-state index contributed by atoms with van der Waals surface area (Å²) in [6.07, 6.45) is 2.06. The maximum absolute atomic E-state index is 11.6. The quantitative estimate of drug-likeness (QED) is 0.601. The third kappa shape index (κ3) is 4.61. The van der Waals surface area contributed by atoms with E-state index in [1.54, 1.807) is 6.92 Å². The number of nitrogens with one attached hydrogen (secondary N) is 1. The number of rotatable bonds is 7. The molecule has 94 valence electrons. The van der Waals surface area contributed by atoms with Gasteiger partial charge in [-0.25, -0.2) is 4.79 Å². The summed E-state index contributed by atoms with van der Waals surface area (Å²) in [5.41, 5.74) is 5.61. The first-order valence-corrected chi connectivity index (χ1v) is 5.72. The van der Waals surface area contributed by atoms with Crippen molar-refractivity contribution in [2.45, 2.75) is 52.1 Å². The molecule has 0 saturated carbocycles. The molecule has 0 aliphatic carbocycles. The van der Waals surface area contributed by atoms with Gasteiger partial charge < -0.3 is 16.2 Å². The molecule has 0 aromatic heterocycles. The molecule has 5 heteroatoms. The Morgan fingerprint density at radius 3 is 2.31 bits per heavy atom. The first-order chi connectivity index (χ1) is 7.43. The lowest BCUT2D eigenvalue weighted by molar-refractivity contribution is -0.143. The maximum Gasteiger partial charge on any atom is 0.326 e. The van der Waals surface area contributed by atoms with E-state index in [1.807, 2.05) is 13.8 Å². The van der Waals surface area contributed by atoms with Gasteiger partial charge in [-0.3, -0.25) is 4.79 Å². The number of aliphatic carboxylic acids is 1. The number of carboxylic acid groups (broad SMARTS) is 1.